The van der Waals surface area contributed by atoms with Crippen LogP contribution in [0.15, 0.2) is 24.3 Å². The van der Waals surface area contributed by atoms with E-state index in [4.69, 9.17) is 5.73 Å². The van der Waals surface area contributed by atoms with Crippen molar-refractivity contribution in [3.63, 3.8) is 0 Å². The monoisotopic (exact) mass is 275 g/mol. The van der Waals surface area contributed by atoms with Crippen LogP contribution in [0, 0.1) is 5.92 Å². The molecule has 0 spiro atoms. The summed E-state index contributed by atoms with van der Waals surface area (Å²) in [6.07, 6.45) is 2.69. The van der Waals surface area contributed by atoms with Crippen LogP contribution in [-0.4, -0.2) is 49.4 Å². The summed E-state index contributed by atoms with van der Waals surface area (Å²) in [5, 5.41) is 0. The molecule has 1 fully saturated rings. The van der Waals surface area contributed by atoms with Crippen molar-refractivity contribution < 1.29 is 4.79 Å². The SMILES string of the molecule is CN(C)CC1CCN(C(=O)Cc2cccc(N)c2)CC1. The number of nitrogens with zero attached hydrogens (tertiary/aromatic N) is 2. The summed E-state index contributed by atoms with van der Waals surface area (Å²) in [7, 11) is 4.22. The van der Waals surface area contributed by atoms with Crippen LogP contribution in [0.1, 0.15) is 18.4 Å². The Morgan fingerprint density at radius 3 is 2.65 bits per heavy atom. The Hall–Kier alpha value is -1.55. The van der Waals surface area contributed by atoms with Gasteiger partial charge in [-0.2, -0.15) is 0 Å². The molecule has 2 rings (SSSR count). The minimum Gasteiger partial charge on any atom is -0.399 e. The predicted molar refractivity (Wildman–Crippen MR) is 82.4 cm³/mol. The van der Waals surface area contributed by atoms with Crippen LogP contribution in [0.4, 0.5) is 5.69 Å². The molecule has 0 unspecified atom stereocenters. The van der Waals surface area contributed by atoms with Gasteiger partial charge < -0.3 is 15.5 Å². The first kappa shape index (κ1) is 14.9. The van der Waals surface area contributed by atoms with Gasteiger partial charge in [0, 0.05) is 25.3 Å². The molecule has 1 aliphatic rings. The lowest BCUT2D eigenvalue weighted by Crippen LogP contribution is -2.41. The molecule has 20 heavy (non-hydrogen) atoms. The first-order chi connectivity index (χ1) is 9.54. The fraction of sp³-hybridized carbons (Fsp3) is 0.562. The molecule has 1 saturated heterocycles. The zero-order valence-corrected chi connectivity index (χ0v) is 12.5. The number of likely N-dealkylation sites (tertiary alicyclic amines) is 1. The van der Waals surface area contributed by atoms with Gasteiger partial charge in [0.05, 0.1) is 6.42 Å². The van der Waals surface area contributed by atoms with E-state index in [1.165, 1.54) is 0 Å². The Bertz CT molecular complexity index is 451. The van der Waals surface area contributed by atoms with Crippen molar-refractivity contribution in [2.75, 3.05) is 39.5 Å². The third kappa shape index (κ3) is 4.23. The second-order valence-corrected chi connectivity index (χ2v) is 6.01. The van der Waals surface area contributed by atoms with Crippen LogP contribution in [-0.2, 0) is 11.2 Å². The van der Waals surface area contributed by atoms with E-state index in [-0.39, 0.29) is 5.91 Å². The second kappa shape index (κ2) is 6.75. The van der Waals surface area contributed by atoms with Gasteiger partial charge in [-0.25, -0.2) is 0 Å². The summed E-state index contributed by atoms with van der Waals surface area (Å²) < 4.78 is 0. The van der Waals surface area contributed by atoms with Gasteiger partial charge in [0.1, 0.15) is 0 Å². The molecule has 1 heterocycles. The molecule has 0 aliphatic carbocycles. The largest absolute Gasteiger partial charge is 0.399 e. The van der Waals surface area contributed by atoms with E-state index in [9.17, 15) is 4.79 Å². The Morgan fingerprint density at radius 1 is 1.35 bits per heavy atom. The van der Waals surface area contributed by atoms with Crippen LogP contribution in [0.3, 0.4) is 0 Å². The summed E-state index contributed by atoms with van der Waals surface area (Å²) >= 11 is 0. The van der Waals surface area contributed by atoms with E-state index in [2.05, 4.69) is 19.0 Å². The van der Waals surface area contributed by atoms with Gasteiger partial charge in [-0.15, -0.1) is 0 Å². The topological polar surface area (TPSA) is 49.6 Å². The molecule has 110 valence electrons. The highest BCUT2D eigenvalue weighted by molar-refractivity contribution is 5.79. The maximum absolute atomic E-state index is 12.3. The van der Waals surface area contributed by atoms with Crippen molar-refractivity contribution in [2.45, 2.75) is 19.3 Å². The summed E-state index contributed by atoms with van der Waals surface area (Å²) in [5.41, 5.74) is 7.47. The number of hydrogen-bond donors (Lipinski definition) is 1. The van der Waals surface area contributed by atoms with E-state index in [0.717, 1.165) is 49.6 Å². The maximum atomic E-state index is 12.3. The number of carbonyl (C=O) groups excluding carboxylic acids is 1. The maximum Gasteiger partial charge on any atom is 0.226 e. The molecular formula is C16H25N3O. The minimum absolute atomic E-state index is 0.221. The van der Waals surface area contributed by atoms with E-state index < -0.39 is 0 Å². The van der Waals surface area contributed by atoms with Crippen molar-refractivity contribution in [1.29, 1.82) is 0 Å². The van der Waals surface area contributed by atoms with Crippen LogP contribution >= 0.6 is 0 Å². The molecule has 0 radical (unpaired) electrons. The van der Waals surface area contributed by atoms with Gasteiger partial charge >= 0.3 is 0 Å². The second-order valence-electron chi connectivity index (χ2n) is 6.01. The Morgan fingerprint density at radius 2 is 2.05 bits per heavy atom. The molecule has 4 heteroatoms. The molecular weight excluding hydrogens is 250 g/mol. The number of nitrogen functional groups attached to an aromatic ring is 1. The average Bonchev–Trinajstić information content (AvgIpc) is 2.38. The van der Waals surface area contributed by atoms with Crippen molar-refractivity contribution in [3.8, 4) is 0 Å². The standard InChI is InChI=1S/C16H25N3O/c1-18(2)12-13-6-8-19(9-7-13)16(20)11-14-4-3-5-15(17)10-14/h3-5,10,13H,6-9,11-12,17H2,1-2H3. The van der Waals surface area contributed by atoms with E-state index >= 15 is 0 Å². The molecule has 4 nitrogen and oxygen atoms in total. The van der Waals surface area contributed by atoms with Crippen molar-refractivity contribution >= 4 is 11.6 Å². The molecule has 0 atom stereocenters. The lowest BCUT2D eigenvalue weighted by Gasteiger charge is -2.33. The number of nitrogens with two attached hydrogens (primary N) is 1. The lowest BCUT2D eigenvalue weighted by atomic mass is 9.96. The smallest absolute Gasteiger partial charge is 0.226 e. The predicted octanol–water partition coefficient (Wildman–Crippen LogP) is 1.61. The lowest BCUT2D eigenvalue weighted by molar-refractivity contribution is -0.131. The number of rotatable bonds is 4. The third-order valence-corrected chi connectivity index (χ3v) is 3.90. The van der Waals surface area contributed by atoms with E-state index in [1.54, 1.807) is 0 Å². The summed E-state index contributed by atoms with van der Waals surface area (Å²) in [6, 6.07) is 7.60. The van der Waals surface area contributed by atoms with E-state index in [0.29, 0.717) is 6.42 Å². The molecule has 1 aromatic rings. The van der Waals surface area contributed by atoms with Gasteiger partial charge in [-0.1, -0.05) is 12.1 Å². The third-order valence-electron chi connectivity index (χ3n) is 3.90. The molecule has 2 N–H and O–H groups in total. The molecule has 0 saturated carbocycles. The summed E-state index contributed by atoms with van der Waals surface area (Å²) in [4.78, 5) is 16.5. The van der Waals surface area contributed by atoms with Gasteiger partial charge in [0.25, 0.3) is 0 Å². The number of piperidine rings is 1. The number of hydrogen-bond acceptors (Lipinski definition) is 3. The zero-order chi connectivity index (χ0) is 14.5. The first-order valence-electron chi connectivity index (χ1n) is 7.31. The van der Waals surface area contributed by atoms with Gasteiger partial charge in [0.2, 0.25) is 5.91 Å². The van der Waals surface area contributed by atoms with Gasteiger partial charge in [0.15, 0.2) is 0 Å². The normalized spacial score (nSPS) is 16.6. The minimum atomic E-state index is 0.221. The average molecular weight is 275 g/mol. The fourth-order valence-electron chi connectivity index (χ4n) is 2.87. The van der Waals surface area contributed by atoms with Crippen LogP contribution < -0.4 is 5.73 Å². The highest BCUT2D eigenvalue weighted by Crippen LogP contribution is 2.19. The number of carbonyl (C=O) groups is 1. The Kier molecular flexibility index (Phi) is 5.01. The van der Waals surface area contributed by atoms with Crippen LogP contribution in [0.25, 0.3) is 0 Å². The molecule has 1 aromatic carbocycles. The molecule has 1 aliphatic heterocycles. The van der Waals surface area contributed by atoms with Crippen molar-refractivity contribution in [2.24, 2.45) is 5.92 Å². The van der Waals surface area contributed by atoms with Crippen molar-refractivity contribution in [3.05, 3.63) is 29.8 Å². The first-order valence-corrected chi connectivity index (χ1v) is 7.31. The molecule has 0 aromatic heterocycles. The van der Waals surface area contributed by atoms with Gasteiger partial charge in [-0.3, -0.25) is 4.79 Å². The molecule has 0 bridgehead atoms. The summed E-state index contributed by atoms with van der Waals surface area (Å²) in [6.45, 7) is 2.90. The quantitative estimate of drug-likeness (QED) is 0.849. The van der Waals surface area contributed by atoms with Crippen LogP contribution in [0.2, 0.25) is 0 Å². The molecule has 1 amide bonds. The number of benzene rings is 1. The highest BCUT2D eigenvalue weighted by atomic mass is 16.2. The number of anilines is 1. The van der Waals surface area contributed by atoms with E-state index in [1.807, 2.05) is 29.2 Å². The van der Waals surface area contributed by atoms with Crippen LogP contribution in [0.5, 0.6) is 0 Å². The highest BCUT2D eigenvalue weighted by Gasteiger charge is 2.22. The zero-order valence-electron chi connectivity index (χ0n) is 12.5. The fourth-order valence-corrected chi connectivity index (χ4v) is 2.87. The Labute approximate surface area is 121 Å². The summed E-state index contributed by atoms with van der Waals surface area (Å²) in [5.74, 6) is 0.945. The van der Waals surface area contributed by atoms with Gasteiger partial charge in [-0.05, 0) is 50.6 Å². The Balaban J connectivity index is 1.83. The van der Waals surface area contributed by atoms with Crippen molar-refractivity contribution in [1.82, 2.24) is 9.80 Å². The number of amides is 1.